The minimum absolute atomic E-state index is 0.958. The molecule has 0 heteroatoms. The molecule has 0 aliphatic carbocycles. The molecule has 0 spiro atoms. The monoisotopic (exact) mass is 221 g/mol. The van der Waals surface area contributed by atoms with Crippen molar-refractivity contribution in [1.29, 1.82) is 0 Å². The van der Waals surface area contributed by atoms with Gasteiger partial charge < -0.3 is 0 Å². The summed E-state index contributed by atoms with van der Waals surface area (Å²) in [4.78, 5) is 0. The highest BCUT2D eigenvalue weighted by Crippen LogP contribution is 2.10. The number of hydrogen-bond acceptors (Lipinski definition) is 0. The fraction of sp³-hybridized carbons (Fsp3) is 0.118. The molecule has 85 valence electrons. The van der Waals surface area contributed by atoms with Crippen molar-refractivity contribution in [3.05, 3.63) is 78.2 Å². The van der Waals surface area contributed by atoms with Crippen LogP contribution >= 0.6 is 0 Å². The predicted molar refractivity (Wildman–Crippen MR) is 75.5 cm³/mol. The van der Waals surface area contributed by atoms with Gasteiger partial charge in [-0.05, 0) is 29.5 Å². The largest absolute Gasteiger partial charge is 0.0622 e. The summed E-state index contributed by atoms with van der Waals surface area (Å²) in [6.07, 6.45) is 6.29. The Bertz CT molecular complexity index is 463. The summed E-state index contributed by atoms with van der Waals surface area (Å²) in [5, 5.41) is 0. The Hall–Kier alpha value is -1.82. The number of hydrogen-bond donors (Lipinski definition) is 0. The van der Waals surface area contributed by atoms with Crippen molar-refractivity contribution in [2.24, 2.45) is 0 Å². The third-order valence-electron chi connectivity index (χ3n) is 2.71. The second kappa shape index (κ2) is 6.05. The second-order valence-corrected chi connectivity index (χ2v) is 4.09. The highest BCUT2D eigenvalue weighted by atomic mass is 14.0. The first kappa shape index (κ1) is 11.7. The first-order valence-electron chi connectivity index (χ1n) is 6.00. The Kier molecular flexibility index (Phi) is 4.15. The van der Waals surface area contributed by atoms with E-state index in [1.165, 1.54) is 16.7 Å². The van der Waals surface area contributed by atoms with Crippen molar-refractivity contribution in [1.82, 2.24) is 0 Å². The molecule has 0 atom stereocenters. The van der Waals surface area contributed by atoms with Crippen LogP contribution in [0.5, 0.6) is 0 Å². The Balaban J connectivity index is 2.06. The van der Waals surface area contributed by atoms with E-state index >= 15 is 0 Å². The molecular weight excluding hydrogens is 204 g/mol. The van der Waals surface area contributed by atoms with Gasteiger partial charge in [-0.1, -0.05) is 73.7 Å². The van der Waals surface area contributed by atoms with Crippen LogP contribution in [-0.2, 0) is 6.42 Å². The SMILES string of the molecule is [CH2]CCc1ccc(C=Cc2ccccc2)cc1. The summed E-state index contributed by atoms with van der Waals surface area (Å²) >= 11 is 0. The standard InChI is InChI=1S/C17H17/c1-2-6-15-9-12-17(13-10-15)14-11-16-7-4-3-5-8-16/h3-5,7-14H,1-2,6H2. The smallest absolute Gasteiger partial charge is 0.0256 e. The van der Waals surface area contributed by atoms with Gasteiger partial charge in [0.25, 0.3) is 0 Å². The third-order valence-corrected chi connectivity index (χ3v) is 2.71. The molecule has 0 aromatic heterocycles. The molecule has 2 aromatic rings. The molecule has 0 heterocycles. The first-order chi connectivity index (χ1) is 8.38. The molecule has 0 fully saturated rings. The van der Waals surface area contributed by atoms with Crippen LogP contribution in [0.4, 0.5) is 0 Å². The maximum absolute atomic E-state index is 3.87. The van der Waals surface area contributed by atoms with E-state index in [0.717, 1.165) is 12.8 Å². The average molecular weight is 221 g/mol. The van der Waals surface area contributed by atoms with Gasteiger partial charge in [0, 0.05) is 0 Å². The number of benzene rings is 2. The van der Waals surface area contributed by atoms with Gasteiger partial charge in [-0.25, -0.2) is 0 Å². The van der Waals surface area contributed by atoms with Crippen molar-refractivity contribution in [2.75, 3.05) is 0 Å². The van der Waals surface area contributed by atoms with Gasteiger partial charge in [-0.3, -0.25) is 0 Å². The average Bonchev–Trinajstić information content (AvgIpc) is 2.40. The maximum atomic E-state index is 3.87. The lowest BCUT2D eigenvalue weighted by Crippen LogP contribution is -1.82. The van der Waals surface area contributed by atoms with Crippen LogP contribution in [-0.4, -0.2) is 0 Å². The van der Waals surface area contributed by atoms with Gasteiger partial charge in [-0.2, -0.15) is 0 Å². The fourth-order valence-electron chi connectivity index (χ4n) is 1.76. The van der Waals surface area contributed by atoms with E-state index in [0.29, 0.717) is 0 Å². The minimum atomic E-state index is 0.958. The van der Waals surface area contributed by atoms with Crippen LogP contribution < -0.4 is 0 Å². The maximum Gasteiger partial charge on any atom is -0.0256 e. The highest BCUT2D eigenvalue weighted by molar-refractivity contribution is 5.69. The Morgan fingerprint density at radius 3 is 1.94 bits per heavy atom. The summed E-state index contributed by atoms with van der Waals surface area (Å²) in [6, 6.07) is 19.0. The summed E-state index contributed by atoms with van der Waals surface area (Å²) < 4.78 is 0. The summed E-state index contributed by atoms with van der Waals surface area (Å²) in [5.74, 6) is 0. The molecule has 2 rings (SSSR count). The zero-order valence-corrected chi connectivity index (χ0v) is 9.97. The number of rotatable bonds is 4. The van der Waals surface area contributed by atoms with E-state index in [1.807, 2.05) is 6.07 Å². The Morgan fingerprint density at radius 2 is 1.35 bits per heavy atom. The Labute approximate surface area is 104 Å². The van der Waals surface area contributed by atoms with E-state index in [9.17, 15) is 0 Å². The van der Waals surface area contributed by atoms with Crippen molar-refractivity contribution >= 4 is 12.2 Å². The fourth-order valence-corrected chi connectivity index (χ4v) is 1.76. The van der Waals surface area contributed by atoms with Gasteiger partial charge in [-0.15, -0.1) is 0 Å². The third kappa shape index (κ3) is 3.60. The molecule has 17 heavy (non-hydrogen) atoms. The summed E-state index contributed by atoms with van der Waals surface area (Å²) in [5.41, 5.74) is 3.83. The van der Waals surface area contributed by atoms with E-state index in [2.05, 4.69) is 67.6 Å². The molecule has 0 unspecified atom stereocenters. The second-order valence-electron chi connectivity index (χ2n) is 4.09. The van der Waals surface area contributed by atoms with Gasteiger partial charge in [0.05, 0.1) is 0 Å². The Morgan fingerprint density at radius 1 is 0.765 bits per heavy atom. The lowest BCUT2D eigenvalue weighted by atomic mass is 10.1. The van der Waals surface area contributed by atoms with Crippen LogP contribution in [0.15, 0.2) is 54.6 Å². The quantitative estimate of drug-likeness (QED) is 0.661. The normalized spacial score (nSPS) is 10.9. The van der Waals surface area contributed by atoms with E-state index in [4.69, 9.17) is 0 Å². The van der Waals surface area contributed by atoms with E-state index in [1.54, 1.807) is 0 Å². The minimum Gasteiger partial charge on any atom is -0.0622 e. The van der Waals surface area contributed by atoms with Gasteiger partial charge >= 0.3 is 0 Å². The van der Waals surface area contributed by atoms with Crippen molar-refractivity contribution in [2.45, 2.75) is 12.8 Å². The first-order valence-corrected chi connectivity index (χ1v) is 6.00. The van der Waals surface area contributed by atoms with Crippen molar-refractivity contribution < 1.29 is 0 Å². The van der Waals surface area contributed by atoms with Crippen LogP contribution in [0, 0.1) is 6.92 Å². The molecule has 0 N–H and O–H groups in total. The van der Waals surface area contributed by atoms with Crippen LogP contribution in [0.1, 0.15) is 23.1 Å². The molecule has 2 aromatic carbocycles. The van der Waals surface area contributed by atoms with Crippen LogP contribution in [0.25, 0.3) is 12.2 Å². The van der Waals surface area contributed by atoms with Crippen molar-refractivity contribution in [3.8, 4) is 0 Å². The molecule has 0 bridgehead atoms. The van der Waals surface area contributed by atoms with E-state index in [-0.39, 0.29) is 0 Å². The van der Waals surface area contributed by atoms with Gasteiger partial charge in [0.1, 0.15) is 0 Å². The van der Waals surface area contributed by atoms with Crippen LogP contribution in [0.2, 0.25) is 0 Å². The number of aryl methyl sites for hydroxylation is 1. The molecule has 0 saturated carbocycles. The molecule has 0 aliphatic heterocycles. The molecule has 0 nitrogen and oxygen atoms in total. The highest BCUT2D eigenvalue weighted by Gasteiger charge is 1.91. The zero-order valence-electron chi connectivity index (χ0n) is 9.97. The summed E-state index contributed by atoms with van der Waals surface area (Å²) in [6.45, 7) is 3.87. The molecule has 0 amide bonds. The van der Waals surface area contributed by atoms with Gasteiger partial charge in [0.2, 0.25) is 0 Å². The lowest BCUT2D eigenvalue weighted by molar-refractivity contribution is 0.999. The van der Waals surface area contributed by atoms with Gasteiger partial charge in [0.15, 0.2) is 0 Å². The molecule has 0 saturated heterocycles. The molecular formula is C17H17. The van der Waals surface area contributed by atoms with Crippen LogP contribution in [0.3, 0.4) is 0 Å². The van der Waals surface area contributed by atoms with Crippen molar-refractivity contribution in [3.63, 3.8) is 0 Å². The molecule has 0 aliphatic rings. The lowest BCUT2D eigenvalue weighted by Gasteiger charge is -1.99. The predicted octanol–water partition coefficient (Wildman–Crippen LogP) is 4.62. The topological polar surface area (TPSA) is 0 Å². The summed E-state index contributed by atoms with van der Waals surface area (Å²) in [7, 11) is 0. The van der Waals surface area contributed by atoms with E-state index < -0.39 is 0 Å². The molecule has 1 radical (unpaired) electrons. The zero-order chi connectivity index (χ0) is 11.9.